The first-order valence-corrected chi connectivity index (χ1v) is 9.32. The number of aliphatic carboxylic acids is 1. The number of carboxylic acid groups (broad SMARTS) is 1. The Kier molecular flexibility index (Phi) is 6.89. The van der Waals surface area contributed by atoms with Gasteiger partial charge in [0.1, 0.15) is 0 Å². The maximum atomic E-state index is 12.6. The second-order valence-corrected chi connectivity index (χ2v) is 7.01. The summed E-state index contributed by atoms with van der Waals surface area (Å²) in [5.74, 6) is -1.43. The summed E-state index contributed by atoms with van der Waals surface area (Å²) in [6.45, 7) is 2.28. The van der Waals surface area contributed by atoms with E-state index < -0.39 is 28.0 Å². The Hall–Kier alpha value is -2.47. The lowest BCUT2D eigenvalue weighted by Gasteiger charge is -2.13. The van der Waals surface area contributed by atoms with Crippen LogP contribution in [0.2, 0.25) is 0 Å². The van der Waals surface area contributed by atoms with E-state index in [1.165, 1.54) is 0 Å². The van der Waals surface area contributed by atoms with Crippen LogP contribution < -0.4 is 0 Å². The Morgan fingerprint density at radius 1 is 1.08 bits per heavy atom. The van der Waals surface area contributed by atoms with Gasteiger partial charge in [0.15, 0.2) is 5.25 Å². The first-order valence-electron chi connectivity index (χ1n) is 7.94. The minimum Gasteiger partial charge on any atom is -0.480 e. The summed E-state index contributed by atoms with van der Waals surface area (Å²) < 4.78 is 17.6. The number of rotatable bonds is 8. The van der Waals surface area contributed by atoms with Crippen LogP contribution in [0, 0.1) is 0 Å². The molecule has 0 bridgehead atoms. The lowest BCUT2D eigenvalue weighted by Crippen LogP contribution is -2.18. The molecule has 2 aromatic rings. The van der Waals surface area contributed by atoms with Gasteiger partial charge in [0.2, 0.25) is 0 Å². The smallest absolute Gasteiger partial charge is 0.338 e. The molecule has 132 valence electrons. The first kappa shape index (κ1) is 18.9. The second-order valence-electron chi connectivity index (χ2n) is 5.49. The maximum absolute atomic E-state index is 12.6. The predicted octanol–water partition coefficient (Wildman–Crippen LogP) is 3.33. The van der Waals surface area contributed by atoms with Gasteiger partial charge in [0.25, 0.3) is 0 Å². The third-order valence-corrected chi connectivity index (χ3v) is 5.14. The van der Waals surface area contributed by atoms with Crippen molar-refractivity contribution in [2.75, 3.05) is 6.61 Å². The molecule has 0 saturated carbocycles. The number of carbonyl (C=O) groups excluding carboxylic acids is 1. The van der Waals surface area contributed by atoms with Crippen LogP contribution >= 0.6 is 0 Å². The first-order chi connectivity index (χ1) is 12.0. The largest absolute Gasteiger partial charge is 0.480 e. The third kappa shape index (κ3) is 5.26. The molecule has 2 rings (SSSR count). The molecule has 2 atom stereocenters. The van der Waals surface area contributed by atoms with Gasteiger partial charge in [-0.05, 0) is 29.7 Å². The van der Waals surface area contributed by atoms with Crippen LogP contribution in [0.25, 0.3) is 0 Å². The summed E-state index contributed by atoms with van der Waals surface area (Å²) in [5, 5.41) is 8.33. The molecule has 0 spiro atoms. The molecule has 0 aliphatic carbocycles. The van der Waals surface area contributed by atoms with Crippen molar-refractivity contribution in [3.05, 3.63) is 71.3 Å². The number of carboxylic acids is 1. The second kappa shape index (κ2) is 9.13. The van der Waals surface area contributed by atoms with E-state index >= 15 is 0 Å². The van der Waals surface area contributed by atoms with Crippen LogP contribution in [0.1, 0.15) is 40.1 Å². The van der Waals surface area contributed by atoms with Crippen molar-refractivity contribution < 1.29 is 23.6 Å². The summed E-state index contributed by atoms with van der Waals surface area (Å²) in [6.07, 6.45) is 0.749. The molecule has 2 aromatic carbocycles. The summed E-state index contributed by atoms with van der Waals surface area (Å²) in [6, 6.07) is 15.1. The molecular formula is C19H20O5S. The normalized spacial score (nSPS) is 13.0. The quantitative estimate of drug-likeness (QED) is 0.730. The number of ether oxygens (including phenoxy) is 1. The fourth-order valence-corrected chi connectivity index (χ4v) is 3.67. The minimum absolute atomic E-state index is 0.0934. The summed E-state index contributed by atoms with van der Waals surface area (Å²) in [4.78, 5) is 23.3. The average molecular weight is 360 g/mol. The van der Waals surface area contributed by atoms with E-state index in [0.29, 0.717) is 23.3 Å². The van der Waals surface area contributed by atoms with Gasteiger partial charge >= 0.3 is 11.9 Å². The van der Waals surface area contributed by atoms with E-state index in [1.807, 2.05) is 6.92 Å². The van der Waals surface area contributed by atoms with Gasteiger partial charge in [-0.15, -0.1) is 0 Å². The zero-order valence-electron chi connectivity index (χ0n) is 13.9. The maximum Gasteiger partial charge on any atom is 0.338 e. The van der Waals surface area contributed by atoms with Crippen molar-refractivity contribution in [2.45, 2.75) is 24.3 Å². The molecule has 0 aliphatic heterocycles. The SMILES string of the molecule is CCCOC(=O)c1ccc(CS(=O)C(C(=O)O)c2ccccc2)cc1. The van der Waals surface area contributed by atoms with E-state index in [-0.39, 0.29) is 5.75 Å². The lowest BCUT2D eigenvalue weighted by atomic mass is 10.1. The van der Waals surface area contributed by atoms with Crippen molar-refractivity contribution in [2.24, 2.45) is 0 Å². The summed E-state index contributed by atoms with van der Waals surface area (Å²) >= 11 is 0. The van der Waals surface area contributed by atoms with Crippen LogP contribution in [0.5, 0.6) is 0 Å². The van der Waals surface area contributed by atoms with Crippen molar-refractivity contribution in [1.82, 2.24) is 0 Å². The van der Waals surface area contributed by atoms with E-state index in [9.17, 15) is 18.9 Å². The molecule has 5 nitrogen and oxygen atoms in total. The lowest BCUT2D eigenvalue weighted by molar-refractivity contribution is -0.136. The molecule has 0 fully saturated rings. The van der Waals surface area contributed by atoms with Gasteiger partial charge in [-0.2, -0.15) is 0 Å². The van der Waals surface area contributed by atoms with E-state index in [0.717, 1.165) is 6.42 Å². The molecule has 0 aromatic heterocycles. The van der Waals surface area contributed by atoms with Crippen molar-refractivity contribution >= 4 is 22.7 Å². The predicted molar refractivity (Wildman–Crippen MR) is 95.7 cm³/mol. The Morgan fingerprint density at radius 2 is 1.72 bits per heavy atom. The van der Waals surface area contributed by atoms with Crippen LogP contribution in [-0.2, 0) is 26.1 Å². The minimum atomic E-state index is -1.63. The highest BCUT2D eigenvalue weighted by Gasteiger charge is 2.26. The number of carbonyl (C=O) groups is 2. The van der Waals surface area contributed by atoms with Crippen molar-refractivity contribution in [3.8, 4) is 0 Å². The molecule has 6 heteroatoms. The fourth-order valence-electron chi connectivity index (χ4n) is 2.30. The molecule has 0 saturated heterocycles. The molecule has 0 amide bonds. The molecule has 2 unspecified atom stereocenters. The number of benzene rings is 2. The van der Waals surface area contributed by atoms with E-state index in [2.05, 4.69) is 0 Å². The van der Waals surface area contributed by atoms with Crippen LogP contribution in [-0.4, -0.2) is 27.9 Å². The molecule has 0 aliphatic rings. The molecule has 1 N–H and O–H groups in total. The number of esters is 1. The molecule has 0 heterocycles. The molecule has 0 radical (unpaired) electrons. The van der Waals surface area contributed by atoms with Gasteiger partial charge in [-0.3, -0.25) is 9.00 Å². The average Bonchev–Trinajstić information content (AvgIpc) is 2.61. The van der Waals surface area contributed by atoms with Crippen LogP contribution in [0.3, 0.4) is 0 Å². The standard InChI is InChI=1S/C19H20O5S/c1-2-12-24-19(22)16-10-8-14(9-11-16)13-25(23)17(18(20)21)15-6-4-3-5-7-15/h3-11,17H,2,12-13H2,1H3,(H,20,21). The van der Waals surface area contributed by atoms with E-state index in [4.69, 9.17) is 4.74 Å². The highest BCUT2D eigenvalue weighted by Crippen LogP contribution is 2.23. The van der Waals surface area contributed by atoms with Gasteiger partial charge < -0.3 is 9.84 Å². The Bertz CT molecular complexity index is 740. The Labute approximate surface area is 149 Å². The monoisotopic (exact) mass is 360 g/mol. The van der Waals surface area contributed by atoms with Crippen molar-refractivity contribution in [1.29, 1.82) is 0 Å². The third-order valence-electron chi connectivity index (χ3n) is 3.53. The number of hydrogen-bond donors (Lipinski definition) is 1. The zero-order chi connectivity index (χ0) is 18.2. The van der Waals surface area contributed by atoms with Gasteiger partial charge in [-0.1, -0.05) is 49.4 Å². The van der Waals surface area contributed by atoms with E-state index in [1.54, 1.807) is 54.6 Å². The Morgan fingerprint density at radius 3 is 2.28 bits per heavy atom. The molecule has 25 heavy (non-hydrogen) atoms. The highest BCUT2D eigenvalue weighted by atomic mass is 32.2. The summed E-state index contributed by atoms with van der Waals surface area (Å²) in [7, 11) is -1.63. The summed E-state index contributed by atoms with van der Waals surface area (Å²) in [5.41, 5.74) is 1.63. The van der Waals surface area contributed by atoms with Crippen LogP contribution in [0.15, 0.2) is 54.6 Å². The fraction of sp³-hybridized carbons (Fsp3) is 0.263. The highest BCUT2D eigenvalue weighted by molar-refractivity contribution is 7.85. The number of hydrogen-bond acceptors (Lipinski definition) is 4. The molecular weight excluding hydrogens is 340 g/mol. The van der Waals surface area contributed by atoms with Gasteiger partial charge in [-0.25, -0.2) is 4.79 Å². The van der Waals surface area contributed by atoms with Crippen LogP contribution in [0.4, 0.5) is 0 Å². The van der Waals surface area contributed by atoms with Gasteiger partial charge in [0, 0.05) is 16.6 Å². The Balaban J connectivity index is 2.08. The zero-order valence-corrected chi connectivity index (χ0v) is 14.7. The van der Waals surface area contributed by atoms with Crippen molar-refractivity contribution in [3.63, 3.8) is 0 Å². The van der Waals surface area contributed by atoms with Gasteiger partial charge in [0.05, 0.1) is 12.2 Å². The topological polar surface area (TPSA) is 80.7 Å².